The van der Waals surface area contributed by atoms with Crippen LogP contribution in [0.3, 0.4) is 0 Å². The molecule has 0 N–H and O–H groups in total. The molecule has 0 radical (unpaired) electrons. The van der Waals surface area contributed by atoms with Gasteiger partial charge in [-0.3, -0.25) is 0 Å². The van der Waals surface area contributed by atoms with E-state index in [4.69, 9.17) is 11.6 Å². The molecule has 6 nitrogen and oxygen atoms in total. The fraction of sp³-hybridized carbons (Fsp3) is 0.538. The third-order valence-corrected chi connectivity index (χ3v) is 7.27. The van der Waals surface area contributed by atoms with Crippen molar-refractivity contribution < 1.29 is 16.8 Å². The van der Waals surface area contributed by atoms with Gasteiger partial charge in [-0.2, -0.15) is 4.31 Å². The van der Waals surface area contributed by atoms with Crippen LogP contribution in [0.15, 0.2) is 23.1 Å². The summed E-state index contributed by atoms with van der Waals surface area (Å²) in [5.74, 6) is 0. The lowest BCUT2D eigenvalue weighted by molar-refractivity contribution is 0.406. The summed E-state index contributed by atoms with van der Waals surface area (Å²) in [4.78, 5) is 0.135. The Morgan fingerprint density at radius 3 is 2.18 bits per heavy atom. The van der Waals surface area contributed by atoms with Gasteiger partial charge in [0.15, 0.2) is 0 Å². The number of nitrogens with zero attached hydrogens (tertiary/aromatic N) is 2. The molecule has 0 saturated carbocycles. The molecule has 1 aromatic carbocycles. The molecule has 1 aromatic rings. The number of aryl methyl sites for hydroxylation is 1. The number of hydrogen-bond donors (Lipinski definition) is 0. The Hall–Kier alpha value is -0.670. The number of sulfonamides is 2. The van der Waals surface area contributed by atoms with Crippen molar-refractivity contribution in [1.29, 1.82) is 0 Å². The second-order valence-electron chi connectivity index (χ2n) is 5.33. The van der Waals surface area contributed by atoms with Crippen LogP contribution in [0.5, 0.6) is 0 Å². The second-order valence-corrected chi connectivity index (χ2v) is 9.66. The summed E-state index contributed by atoms with van der Waals surface area (Å²) in [7, 11) is -6.97. The molecule has 1 aliphatic rings. The van der Waals surface area contributed by atoms with E-state index in [1.54, 1.807) is 13.0 Å². The third kappa shape index (κ3) is 3.80. The lowest BCUT2D eigenvalue weighted by Gasteiger charge is -2.21. The van der Waals surface area contributed by atoms with Gasteiger partial charge < -0.3 is 0 Å². The van der Waals surface area contributed by atoms with Gasteiger partial charge in [-0.1, -0.05) is 17.7 Å². The van der Waals surface area contributed by atoms with E-state index in [1.807, 2.05) is 0 Å². The fourth-order valence-electron chi connectivity index (χ4n) is 2.33. The van der Waals surface area contributed by atoms with E-state index in [0.717, 1.165) is 11.8 Å². The number of benzene rings is 1. The number of hydrogen-bond acceptors (Lipinski definition) is 4. The van der Waals surface area contributed by atoms with E-state index in [-0.39, 0.29) is 18.0 Å². The summed E-state index contributed by atoms with van der Waals surface area (Å²) in [6.45, 7) is 2.73. The Morgan fingerprint density at radius 1 is 1.00 bits per heavy atom. The van der Waals surface area contributed by atoms with E-state index in [0.29, 0.717) is 24.5 Å². The smallest absolute Gasteiger partial charge is 0.213 e. The molecule has 1 saturated heterocycles. The van der Waals surface area contributed by atoms with Gasteiger partial charge in [-0.05, 0) is 31.0 Å². The summed E-state index contributed by atoms with van der Waals surface area (Å²) in [6, 6.07) is 4.62. The van der Waals surface area contributed by atoms with Crippen LogP contribution in [0, 0.1) is 6.92 Å². The molecule has 1 heterocycles. The SMILES string of the molecule is Cc1ccc(S(=O)(=O)N2CCCN(S(C)(=O)=O)CC2)cc1Cl. The van der Waals surface area contributed by atoms with Crippen LogP contribution >= 0.6 is 11.6 Å². The summed E-state index contributed by atoms with van der Waals surface area (Å²) >= 11 is 6.00. The molecule has 1 aliphatic heterocycles. The average Bonchev–Trinajstić information content (AvgIpc) is 2.67. The molecule has 0 unspecified atom stereocenters. The van der Waals surface area contributed by atoms with Crippen LogP contribution in [-0.2, 0) is 20.0 Å². The molecule has 9 heteroatoms. The van der Waals surface area contributed by atoms with Gasteiger partial charge in [0.1, 0.15) is 0 Å². The quantitative estimate of drug-likeness (QED) is 0.808. The highest BCUT2D eigenvalue weighted by Crippen LogP contribution is 2.23. The summed E-state index contributed by atoms with van der Waals surface area (Å²) in [5.41, 5.74) is 0.805. The zero-order valence-electron chi connectivity index (χ0n) is 12.5. The van der Waals surface area contributed by atoms with Gasteiger partial charge in [-0.15, -0.1) is 0 Å². The first-order chi connectivity index (χ1) is 10.1. The Kier molecular flexibility index (Phi) is 5.18. The van der Waals surface area contributed by atoms with E-state index in [2.05, 4.69) is 0 Å². The standard InChI is InChI=1S/C13H19ClN2O4S2/c1-11-4-5-12(10-13(11)14)22(19,20)16-7-3-6-15(8-9-16)21(2,17)18/h4-5,10H,3,6-9H2,1-2H3. The number of halogens is 1. The average molecular weight is 367 g/mol. The van der Waals surface area contributed by atoms with Crippen molar-refractivity contribution in [2.75, 3.05) is 32.4 Å². The van der Waals surface area contributed by atoms with Gasteiger partial charge in [-0.25, -0.2) is 21.1 Å². The van der Waals surface area contributed by atoms with Gasteiger partial charge in [0.25, 0.3) is 0 Å². The molecule has 0 aromatic heterocycles. The van der Waals surface area contributed by atoms with Crippen LogP contribution in [0.25, 0.3) is 0 Å². The molecular formula is C13H19ClN2O4S2. The molecular weight excluding hydrogens is 348 g/mol. The molecule has 22 heavy (non-hydrogen) atoms. The minimum Gasteiger partial charge on any atom is -0.213 e. The topological polar surface area (TPSA) is 74.8 Å². The molecule has 0 atom stereocenters. The van der Waals surface area contributed by atoms with E-state index >= 15 is 0 Å². The van der Waals surface area contributed by atoms with Crippen molar-refractivity contribution in [3.63, 3.8) is 0 Å². The summed E-state index contributed by atoms with van der Waals surface area (Å²) in [5, 5.41) is 0.397. The van der Waals surface area contributed by atoms with E-state index in [9.17, 15) is 16.8 Å². The molecule has 1 fully saturated rings. The highest BCUT2D eigenvalue weighted by atomic mass is 35.5. The second kappa shape index (κ2) is 6.45. The lowest BCUT2D eigenvalue weighted by atomic mass is 10.2. The van der Waals surface area contributed by atoms with Crippen molar-refractivity contribution in [3.05, 3.63) is 28.8 Å². The van der Waals surface area contributed by atoms with Crippen molar-refractivity contribution in [2.45, 2.75) is 18.2 Å². The van der Waals surface area contributed by atoms with E-state index in [1.165, 1.54) is 20.7 Å². The van der Waals surface area contributed by atoms with Gasteiger partial charge in [0.2, 0.25) is 20.0 Å². The molecule has 0 aliphatic carbocycles. The maximum absolute atomic E-state index is 12.7. The Morgan fingerprint density at radius 2 is 1.59 bits per heavy atom. The van der Waals surface area contributed by atoms with Crippen molar-refractivity contribution in [1.82, 2.24) is 8.61 Å². The van der Waals surface area contributed by atoms with Gasteiger partial charge >= 0.3 is 0 Å². The maximum Gasteiger partial charge on any atom is 0.243 e. The van der Waals surface area contributed by atoms with Crippen LogP contribution in [0.2, 0.25) is 5.02 Å². The largest absolute Gasteiger partial charge is 0.243 e. The number of rotatable bonds is 3. The van der Waals surface area contributed by atoms with Gasteiger partial charge in [0, 0.05) is 31.2 Å². The Bertz CT molecular complexity index is 762. The van der Waals surface area contributed by atoms with Crippen LogP contribution in [0.1, 0.15) is 12.0 Å². The van der Waals surface area contributed by atoms with E-state index < -0.39 is 20.0 Å². The van der Waals surface area contributed by atoms with Crippen molar-refractivity contribution >= 4 is 31.6 Å². The summed E-state index contributed by atoms with van der Waals surface area (Å²) in [6.07, 6.45) is 1.60. The van der Waals surface area contributed by atoms with Crippen LogP contribution in [0.4, 0.5) is 0 Å². The Balaban J connectivity index is 2.25. The third-order valence-electron chi connectivity index (χ3n) is 3.66. The zero-order chi connectivity index (χ0) is 16.5. The predicted molar refractivity (Wildman–Crippen MR) is 86.0 cm³/mol. The van der Waals surface area contributed by atoms with Crippen LogP contribution in [-0.4, -0.2) is 57.9 Å². The predicted octanol–water partition coefficient (Wildman–Crippen LogP) is 1.30. The van der Waals surface area contributed by atoms with Crippen molar-refractivity contribution in [2.24, 2.45) is 0 Å². The molecule has 0 spiro atoms. The lowest BCUT2D eigenvalue weighted by Crippen LogP contribution is -2.36. The highest BCUT2D eigenvalue weighted by molar-refractivity contribution is 7.89. The molecule has 2 rings (SSSR count). The van der Waals surface area contributed by atoms with Crippen molar-refractivity contribution in [3.8, 4) is 0 Å². The molecule has 124 valence electrons. The first kappa shape index (κ1) is 17.7. The van der Waals surface area contributed by atoms with Gasteiger partial charge in [0.05, 0.1) is 11.2 Å². The highest BCUT2D eigenvalue weighted by Gasteiger charge is 2.29. The molecule has 0 amide bonds. The Labute approximate surface area is 136 Å². The fourth-order valence-corrected chi connectivity index (χ4v) is 4.94. The monoisotopic (exact) mass is 366 g/mol. The van der Waals surface area contributed by atoms with Crippen LogP contribution < -0.4 is 0 Å². The molecule has 0 bridgehead atoms. The normalized spacial score (nSPS) is 19.0. The first-order valence-corrected chi connectivity index (χ1v) is 10.5. The maximum atomic E-state index is 12.7. The first-order valence-electron chi connectivity index (χ1n) is 6.84. The summed E-state index contributed by atoms with van der Waals surface area (Å²) < 4.78 is 51.1. The minimum absolute atomic E-state index is 0.135. The minimum atomic E-state index is -3.67. The zero-order valence-corrected chi connectivity index (χ0v) is 14.9.